The second kappa shape index (κ2) is 5.38. The summed E-state index contributed by atoms with van der Waals surface area (Å²) in [5, 5.41) is 0.813. The van der Waals surface area contributed by atoms with Crippen molar-refractivity contribution >= 4 is 11.6 Å². The van der Waals surface area contributed by atoms with Gasteiger partial charge in [0, 0.05) is 17.0 Å². The molecule has 1 heterocycles. The minimum atomic E-state index is 0.135. The summed E-state index contributed by atoms with van der Waals surface area (Å²) in [5.74, 6) is 0. The molecule has 94 valence electrons. The van der Waals surface area contributed by atoms with Gasteiger partial charge in [0.2, 0.25) is 0 Å². The Morgan fingerprint density at radius 2 is 2.06 bits per heavy atom. The lowest BCUT2D eigenvalue weighted by atomic mass is 9.73. The second-order valence-corrected chi connectivity index (χ2v) is 5.37. The highest BCUT2D eigenvalue weighted by atomic mass is 35.5. The zero-order valence-electron chi connectivity index (χ0n) is 10.5. The van der Waals surface area contributed by atoms with Gasteiger partial charge in [-0.2, -0.15) is 0 Å². The van der Waals surface area contributed by atoms with Gasteiger partial charge in [-0.1, -0.05) is 30.7 Å². The van der Waals surface area contributed by atoms with E-state index in [4.69, 9.17) is 17.3 Å². The predicted octanol–water partition coefficient (Wildman–Crippen LogP) is 2.65. The standard InChI is InChI=1S/C14H21ClN2/c1-2-17-8-6-14(11-16,7-9-17)12-4-3-5-13(15)10-12/h3-5,10H,2,6-9,11,16H2,1H3. The third-order valence-electron chi connectivity index (χ3n) is 4.09. The number of piperidine rings is 1. The van der Waals surface area contributed by atoms with E-state index in [0.29, 0.717) is 6.54 Å². The average molecular weight is 253 g/mol. The van der Waals surface area contributed by atoms with E-state index in [1.54, 1.807) is 0 Å². The summed E-state index contributed by atoms with van der Waals surface area (Å²) in [4.78, 5) is 2.48. The molecule has 2 nitrogen and oxygen atoms in total. The molecule has 1 aromatic rings. The maximum absolute atomic E-state index is 6.09. The fraction of sp³-hybridized carbons (Fsp3) is 0.571. The van der Waals surface area contributed by atoms with Crippen LogP contribution in [0.4, 0.5) is 0 Å². The van der Waals surface area contributed by atoms with Crippen LogP contribution in [-0.4, -0.2) is 31.1 Å². The highest BCUT2D eigenvalue weighted by molar-refractivity contribution is 6.30. The molecule has 0 aromatic heterocycles. The van der Waals surface area contributed by atoms with Crippen LogP contribution >= 0.6 is 11.6 Å². The van der Waals surface area contributed by atoms with Gasteiger partial charge in [-0.15, -0.1) is 0 Å². The molecule has 0 radical (unpaired) electrons. The number of hydrogen-bond acceptors (Lipinski definition) is 2. The van der Waals surface area contributed by atoms with Crippen molar-refractivity contribution in [3.8, 4) is 0 Å². The van der Waals surface area contributed by atoms with Crippen molar-refractivity contribution in [2.24, 2.45) is 5.73 Å². The van der Waals surface area contributed by atoms with Crippen molar-refractivity contribution in [3.05, 3.63) is 34.9 Å². The highest BCUT2D eigenvalue weighted by Gasteiger charge is 2.34. The maximum atomic E-state index is 6.09. The van der Waals surface area contributed by atoms with Gasteiger partial charge in [-0.05, 0) is 50.2 Å². The molecule has 2 rings (SSSR count). The van der Waals surface area contributed by atoms with Gasteiger partial charge in [-0.25, -0.2) is 0 Å². The lowest BCUT2D eigenvalue weighted by molar-refractivity contribution is 0.169. The molecule has 1 aromatic carbocycles. The molecule has 1 aliphatic rings. The molecule has 0 spiro atoms. The number of rotatable bonds is 3. The molecule has 0 bridgehead atoms. The summed E-state index contributed by atoms with van der Waals surface area (Å²) in [6, 6.07) is 8.20. The summed E-state index contributed by atoms with van der Waals surface area (Å²) in [6.07, 6.45) is 2.27. The second-order valence-electron chi connectivity index (χ2n) is 4.93. The van der Waals surface area contributed by atoms with Crippen molar-refractivity contribution in [1.29, 1.82) is 0 Å². The number of nitrogens with zero attached hydrogens (tertiary/aromatic N) is 1. The minimum absolute atomic E-state index is 0.135. The molecule has 17 heavy (non-hydrogen) atoms. The zero-order chi connectivity index (χ0) is 12.3. The van der Waals surface area contributed by atoms with E-state index in [-0.39, 0.29) is 5.41 Å². The van der Waals surface area contributed by atoms with Crippen molar-refractivity contribution in [1.82, 2.24) is 4.90 Å². The van der Waals surface area contributed by atoms with Crippen molar-refractivity contribution < 1.29 is 0 Å². The SMILES string of the molecule is CCN1CCC(CN)(c2cccc(Cl)c2)CC1. The van der Waals surface area contributed by atoms with E-state index in [1.165, 1.54) is 5.56 Å². The van der Waals surface area contributed by atoms with Crippen LogP contribution < -0.4 is 5.73 Å². The monoisotopic (exact) mass is 252 g/mol. The van der Waals surface area contributed by atoms with Crippen LogP contribution in [0.15, 0.2) is 24.3 Å². The van der Waals surface area contributed by atoms with E-state index in [2.05, 4.69) is 24.0 Å². The van der Waals surface area contributed by atoms with Crippen LogP contribution in [0.25, 0.3) is 0 Å². The number of hydrogen-bond donors (Lipinski definition) is 1. The minimum Gasteiger partial charge on any atom is -0.330 e. The Morgan fingerprint density at radius 3 is 2.59 bits per heavy atom. The molecule has 0 amide bonds. The number of likely N-dealkylation sites (tertiary alicyclic amines) is 1. The molecule has 0 unspecified atom stereocenters. The molecular weight excluding hydrogens is 232 g/mol. The van der Waals surface area contributed by atoms with Crippen molar-refractivity contribution in [2.45, 2.75) is 25.2 Å². The first-order valence-corrected chi connectivity index (χ1v) is 6.76. The van der Waals surface area contributed by atoms with Gasteiger partial charge < -0.3 is 10.6 Å². The highest BCUT2D eigenvalue weighted by Crippen LogP contribution is 2.35. The van der Waals surface area contributed by atoms with Crippen LogP contribution in [0.3, 0.4) is 0 Å². The van der Waals surface area contributed by atoms with Gasteiger partial charge in [0.1, 0.15) is 0 Å². The van der Waals surface area contributed by atoms with Crippen LogP contribution in [0.5, 0.6) is 0 Å². The molecule has 1 saturated heterocycles. The average Bonchev–Trinajstić information content (AvgIpc) is 2.39. The summed E-state index contributed by atoms with van der Waals surface area (Å²) >= 11 is 6.09. The summed E-state index contributed by atoms with van der Waals surface area (Å²) in [6.45, 7) is 6.34. The van der Waals surface area contributed by atoms with Crippen LogP contribution in [0.1, 0.15) is 25.3 Å². The van der Waals surface area contributed by atoms with Crippen LogP contribution in [0.2, 0.25) is 5.02 Å². The first-order valence-electron chi connectivity index (χ1n) is 6.39. The van der Waals surface area contributed by atoms with Crippen molar-refractivity contribution in [3.63, 3.8) is 0 Å². The van der Waals surface area contributed by atoms with Gasteiger partial charge in [-0.3, -0.25) is 0 Å². The first-order chi connectivity index (χ1) is 8.20. The van der Waals surface area contributed by atoms with Crippen LogP contribution in [-0.2, 0) is 5.41 Å². The van der Waals surface area contributed by atoms with Gasteiger partial charge in [0.05, 0.1) is 0 Å². The van der Waals surface area contributed by atoms with E-state index in [9.17, 15) is 0 Å². The first kappa shape index (κ1) is 12.9. The van der Waals surface area contributed by atoms with E-state index in [1.807, 2.05) is 12.1 Å². The fourth-order valence-corrected chi connectivity index (χ4v) is 2.92. The number of halogens is 1. The van der Waals surface area contributed by atoms with Crippen LogP contribution in [0, 0.1) is 0 Å². The zero-order valence-corrected chi connectivity index (χ0v) is 11.2. The Kier molecular flexibility index (Phi) is 4.08. The number of benzene rings is 1. The van der Waals surface area contributed by atoms with Gasteiger partial charge >= 0.3 is 0 Å². The molecule has 2 N–H and O–H groups in total. The summed E-state index contributed by atoms with van der Waals surface area (Å²) in [5.41, 5.74) is 7.49. The number of nitrogens with two attached hydrogens (primary N) is 1. The smallest absolute Gasteiger partial charge is 0.0408 e. The maximum Gasteiger partial charge on any atom is 0.0408 e. The Morgan fingerprint density at radius 1 is 1.35 bits per heavy atom. The molecule has 0 saturated carbocycles. The Labute approximate surface area is 109 Å². The molecule has 1 aliphatic heterocycles. The lowest BCUT2D eigenvalue weighted by Gasteiger charge is -2.41. The normalized spacial score (nSPS) is 20.4. The van der Waals surface area contributed by atoms with E-state index >= 15 is 0 Å². The van der Waals surface area contributed by atoms with Crippen molar-refractivity contribution in [2.75, 3.05) is 26.2 Å². The largest absolute Gasteiger partial charge is 0.330 e. The third-order valence-corrected chi connectivity index (χ3v) is 4.32. The third kappa shape index (κ3) is 2.65. The Bertz CT molecular complexity index is 370. The van der Waals surface area contributed by atoms with Gasteiger partial charge in [0.15, 0.2) is 0 Å². The molecule has 0 aliphatic carbocycles. The quantitative estimate of drug-likeness (QED) is 0.896. The van der Waals surface area contributed by atoms with Gasteiger partial charge in [0.25, 0.3) is 0 Å². The lowest BCUT2D eigenvalue weighted by Crippen LogP contribution is -2.46. The Balaban J connectivity index is 2.21. The fourth-order valence-electron chi connectivity index (χ4n) is 2.73. The summed E-state index contributed by atoms with van der Waals surface area (Å²) < 4.78 is 0. The molecule has 0 atom stereocenters. The molecule has 1 fully saturated rings. The van der Waals surface area contributed by atoms with E-state index < -0.39 is 0 Å². The summed E-state index contributed by atoms with van der Waals surface area (Å²) in [7, 11) is 0. The molecular formula is C14H21ClN2. The topological polar surface area (TPSA) is 29.3 Å². The Hall–Kier alpha value is -0.570. The molecule has 3 heteroatoms. The van der Waals surface area contributed by atoms with E-state index in [0.717, 1.165) is 37.5 Å². The predicted molar refractivity (Wildman–Crippen MR) is 73.5 cm³/mol.